The van der Waals surface area contributed by atoms with Gasteiger partial charge in [-0.2, -0.15) is 0 Å². The Kier molecular flexibility index (Phi) is 4.83. The molecule has 1 N–H and O–H groups in total. The molecule has 1 aliphatic heterocycles. The van der Waals surface area contributed by atoms with Crippen LogP contribution in [0.15, 0.2) is 78.0 Å². The maximum atomic E-state index is 13.1. The van der Waals surface area contributed by atoms with Crippen LogP contribution in [-0.2, 0) is 16.4 Å². The highest BCUT2D eigenvalue weighted by Crippen LogP contribution is 2.34. The molecule has 2 heterocycles. The van der Waals surface area contributed by atoms with Gasteiger partial charge in [-0.3, -0.25) is 14.1 Å². The number of amides is 1. The van der Waals surface area contributed by atoms with Crippen LogP contribution in [0.5, 0.6) is 0 Å². The van der Waals surface area contributed by atoms with E-state index in [2.05, 4.69) is 10.3 Å². The third-order valence-corrected chi connectivity index (χ3v) is 6.50. The molecule has 0 atom stereocenters. The van der Waals surface area contributed by atoms with Crippen molar-refractivity contribution < 1.29 is 13.2 Å². The maximum Gasteiger partial charge on any atom is 0.264 e. The Morgan fingerprint density at radius 3 is 2.61 bits per heavy atom. The van der Waals surface area contributed by atoms with Crippen LogP contribution in [-0.4, -0.2) is 25.9 Å². The number of hydrogen-bond acceptors (Lipinski definition) is 4. The predicted molar refractivity (Wildman–Crippen MR) is 108 cm³/mol. The average Bonchev–Trinajstić information content (AvgIpc) is 2.74. The molecule has 1 aliphatic rings. The summed E-state index contributed by atoms with van der Waals surface area (Å²) in [4.78, 5) is 16.6. The number of rotatable bonds is 4. The molecule has 0 bridgehead atoms. The molecule has 0 aliphatic carbocycles. The number of nitrogens with one attached hydrogen (secondary N) is 1. The first kappa shape index (κ1) is 18.2. The van der Waals surface area contributed by atoms with E-state index in [1.54, 1.807) is 60.8 Å². The van der Waals surface area contributed by atoms with Crippen LogP contribution in [0.4, 0.5) is 11.4 Å². The van der Waals surface area contributed by atoms with Crippen LogP contribution in [0.2, 0.25) is 0 Å². The minimum atomic E-state index is -3.66. The van der Waals surface area contributed by atoms with Gasteiger partial charge in [-0.05, 0) is 54.8 Å². The van der Waals surface area contributed by atoms with Crippen molar-refractivity contribution in [2.75, 3.05) is 16.2 Å². The number of benzene rings is 2. The summed E-state index contributed by atoms with van der Waals surface area (Å²) in [6, 6.07) is 17.2. The summed E-state index contributed by atoms with van der Waals surface area (Å²) < 4.78 is 27.7. The van der Waals surface area contributed by atoms with Gasteiger partial charge in [-0.25, -0.2) is 8.42 Å². The summed E-state index contributed by atoms with van der Waals surface area (Å²) in [6.45, 7) is 0.407. The van der Waals surface area contributed by atoms with Crippen molar-refractivity contribution >= 4 is 27.3 Å². The quantitative estimate of drug-likeness (QED) is 0.736. The molecule has 0 spiro atoms. The molecular weight excluding hydrogens is 374 g/mol. The second-order valence-electron chi connectivity index (χ2n) is 6.53. The molecule has 0 unspecified atom stereocenters. The van der Waals surface area contributed by atoms with Gasteiger partial charge in [0.05, 0.1) is 16.1 Å². The molecule has 1 amide bonds. The predicted octanol–water partition coefficient (Wildman–Crippen LogP) is 3.48. The highest BCUT2D eigenvalue weighted by atomic mass is 32.2. The summed E-state index contributed by atoms with van der Waals surface area (Å²) in [5, 5.41) is 2.82. The highest BCUT2D eigenvalue weighted by molar-refractivity contribution is 7.92. The van der Waals surface area contributed by atoms with Crippen molar-refractivity contribution in [3.63, 3.8) is 0 Å². The zero-order valence-electron chi connectivity index (χ0n) is 15.1. The molecule has 2 aromatic carbocycles. The van der Waals surface area contributed by atoms with Crippen LogP contribution >= 0.6 is 0 Å². The number of aromatic nitrogens is 1. The smallest absolute Gasteiger partial charge is 0.264 e. The maximum absolute atomic E-state index is 13.1. The van der Waals surface area contributed by atoms with Gasteiger partial charge in [0.1, 0.15) is 0 Å². The Balaban J connectivity index is 1.67. The lowest BCUT2D eigenvalue weighted by Crippen LogP contribution is -2.35. The Bertz CT molecular complexity index is 1100. The first-order chi connectivity index (χ1) is 13.6. The van der Waals surface area contributed by atoms with Crippen molar-refractivity contribution in [2.45, 2.75) is 17.7 Å². The Morgan fingerprint density at radius 1 is 1.04 bits per heavy atom. The summed E-state index contributed by atoms with van der Waals surface area (Å²) in [5.41, 5.74) is 2.54. The zero-order chi connectivity index (χ0) is 19.6. The van der Waals surface area contributed by atoms with Gasteiger partial charge in [0.2, 0.25) is 0 Å². The SMILES string of the molecule is O=C(Nc1ccc2c(c1)N(S(=O)(=O)c1ccccc1)CCC2)c1cccnc1. The van der Waals surface area contributed by atoms with Gasteiger partial charge in [0, 0.05) is 24.6 Å². The van der Waals surface area contributed by atoms with Gasteiger partial charge in [0.25, 0.3) is 15.9 Å². The van der Waals surface area contributed by atoms with Gasteiger partial charge in [0.15, 0.2) is 0 Å². The van der Waals surface area contributed by atoms with Crippen molar-refractivity contribution in [2.24, 2.45) is 0 Å². The molecule has 7 heteroatoms. The van der Waals surface area contributed by atoms with Crippen LogP contribution in [0.1, 0.15) is 22.3 Å². The topological polar surface area (TPSA) is 79.4 Å². The third kappa shape index (κ3) is 3.48. The lowest BCUT2D eigenvalue weighted by Gasteiger charge is -2.31. The number of anilines is 2. The van der Waals surface area contributed by atoms with E-state index in [4.69, 9.17) is 0 Å². The number of hydrogen-bond donors (Lipinski definition) is 1. The van der Waals surface area contributed by atoms with E-state index in [9.17, 15) is 13.2 Å². The molecule has 4 rings (SSSR count). The van der Waals surface area contributed by atoms with Crippen LogP contribution < -0.4 is 9.62 Å². The van der Waals surface area contributed by atoms with Crippen LogP contribution in [0.3, 0.4) is 0 Å². The molecule has 28 heavy (non-hydrogen) atoms. The summed E-state index contributed by atoms with van der Waals surface area (Å²) in [6.07, 6.45) is 4.63. The van der Waals surface area contributed by atoms with Crippen molar-refractivity contribution in [1.29, 1.82) is 0 Å². The van der Waals surface area contributed by atoms with Gasteiger partial charge < -0.3 is 5.32 Å². The van der Waals surface area contributed by atoms with E-state index in [1.165, 1.54) is 10.5 Å². The van der Waals surface area contributed by atoms with Crippen molar-refractivity contribution in [3.05, 3.63) is 84.2 Å². The van der Waals surface area contributed by atoms with E-state index in [-0.39, 0.29) is 10.8 Å². The largest absolute Gasteiger partial charge is 0.322 e. The number of aryl methyl sites for hydroxylation is 1. The number of nitrogens with zero attached hydrogens (tertiary/aromatic N) is 2. The Hall–Kier alpha value is -3.19. The number of pyridine rings is 1. The normalized spacial score (nSPS) is 13.6. The molecular formula is C21H19N3O3S. The third-order valence-electron chi connectivity index (χ3n) is 4.67. The minimum Gasteiger partial charge on any atom is -0.322 e. The van der Waals surface area contributed by atoms with Crippen LogP contribution in [0, 0.1) is 0 Å². The molecule has 1 aromatic heterocycles. The Labute approximate surface area is 163 Å². The standard InChI is InChI=1S/C21H19N3O3S/c25-21(17-6-4-12-22-15-17)23-18-11-10-16-7-5-13-24(20(16)14-18)28(26,27)19-8-2-1-3-9-19/h1-4,6,8-12,14-15H,5,7,13H2,(H,23,25). The lowest BCUT2D eigenvalue weighted by molar-refractivity contribution is 0.102. The number of carbonyl (C=O) groups is 1. The Morgan fingerprint density at radius 2 is 1.86 bits per heavy atom. The van der Waals surface area contributed by atoms with Gasteiger partial charge >= 0.3 is 0 Å². The summed E-state index contributed by atoms with van der Waals surface area (Å²) in [5.74, 6) is -0.290. The number of carbonyl (C=O) groups excluding carboxylic acids is 1. The van der Waals surface area contributed by atoms with Crippen LogP contribution in [0.25, 0.3) is 0 Å². The average molecular weight is 393 g/mol. The fourth-order valence-electron chi connectivity index (χ4n) is 3.29. The van der Waals surface area contributed by atoms with E-state index in [0.717, 1.165) is 18.4 Å². The highest BCUT2D eigenvalue weighted by Gasteiger charge is 2.29. The molecule has 0 saturated heterocycles. The zero-order valence-corrected chi connectivity index (χ0v) is 15.9. The van der Waals surface area contributed by atoms with E-state index in [1.807, 2.05) is 6.07 Å². The van der Waals surface area contributed by atoms with Crippen molar-refractivity contribution in [3.8, 4) is 0 Å². The van der Waals surface area contributed by atoms with Gasteiger partial charge in [-0.15, -0.1) is 0 Å². The van der Waals surface area contributed by atoms with Crippen molar-refractivity contribution in [1.82, 2.24) is 4.98 Å². The first-order valence-electron chi connectivity index (χ1n) is 8.98. The fourth-order valence-corrected chi connectivity index (χ4v) is 4.84. The molecule has 0 saturated carbocycles. The summed E-state index contributed by atoms with van der Waals surface area (Å²) in [7, 11) is -3.66. The minimum absolute atomic E-state index is 0.257. The van der Waals surface area contributed by atoms with E-state index in [0.29, 0.717) is 23.5 Å². The van der Waals surface area contributed by atoms with E-state index >= 15 is 0 Å². The number of fused-ring (bicyclic) bond motifs is 1. The molecule has 6 nitrogen and oxygen atoms in total. The fraction of sp³-hybridized carbons (Fsp3) is 0.143. The second-order valence-corrected chi connectivity index (χ2v) is 8.40. The van der Waals surface area contributed by atoms with E-state index < -0.39 is 10.0 Å². The first-order valence-corrected chi connectivity index (χ1v) is 10.4. The molecule has 3 aromatic rings. The van der Waals surface area contributed by atoms with Gasteiger partial charge in [-0.1, -0.05) is 24.3 Å². The molecule has 0 fully saturated rings. The second kappa shape index (κ2) is 7.44. The molecule has 0 radical (unpaired) electrons. The summed E-state index contributed by atoms with van der Waals surface area (Å²) >= 11 is 0. The lowest BCUT2D eigenvalue weighted by atomic mass is 10.0. The monoisotopic (exact) mass is 393 g/mol. The number of sulfonamides is 1. The molecule has 142 valence electrons.